The Labute approximate surface area is 101 Å². The van der Waals surface area contributed by atoms with Crippen LogP contribution in [0.5, 0.6) is 17.2 Å². The molecule has 4 nitrogen and oxygen atoms in total. The minimum absolute atomic E-state index is 0.198. The zero-order valence-electron chi connectivity index (χ0n) is 10.1. The van der Waals surface area contributed by atoms with E-state index < -0.39 is 0 Å². The monoisotopic (exact) mass is 236 g/mol. The van der Waals surface area contributed by atoms with E-state index in [4.69, 9.17) is 18.9 Å². The summed E-state index contributed by atoms with van der Waals surface area (Å²) in [7, 11) is 3.20. The van der Waals surface area contributed by atoms with E-state index in [1.165, 1.54) is 0 Å². The largest absolute Gasteiger partial charge is 0.493 e. The van der Waals surface area contributed by atoms with Crippen molar-refractivity contribution < 1.29 is 18.9 Å². The molecule has 1 saturated heterocycles. The average Bonchev–Trinajstić information content (AvgIpc) is 3.19. The van der Waals surface area contributed by atoms with E-state index in [0.29, 0.717) is 23.9 Å². The molecule has 1 aliphatic heterocycles. The topological polar surface area (TPSA) is 40.2 Å². The summed E-state index contributed by atoms with van der Waals surface area (Å²) in [5.41, 5.74) is 0.925. The molecule has 1 fully saturated rings. The normalized spacial score (nSPS) is 17.4. The van der Waals surface area contributed by atoms with Crippen molar-refractivity contribution in [1.29, 1.82) is 0 Å². The van der Waals surface area contributed by atoms with Gasteiger partial charge in [0.1, 0.15) is 12.7 Å². The molecule has 1 aromatic carbocycles. The van der Waals surface area contributed by atoms with Crippen LogP contribution < -0.4 is 14.2 Å². The van der Waals surface area contributed by atoms with Crippen molar-refractivity contribution in [2.75, 3.05) is 27.4 Å². The Morgan fingerprint density at radius 1 is 1.35 bits per heavy atom. The van der Waals surface area contributed by atoms with Gasteiger partial charge in [-0.3, -0.25) is 0 Å². The van der Waals surface area contributed by atoms with Crippen LogP contribution in [-0.2, 0) is 4.74 Å². The summed E-state index contributed by atoms with van der Waals surface area (Å²) in [5, 5.41) is 0. The van der Waals surface area contributed by atoms with Gasteiger partial charge in [0.25, 0.3) is 0 Å². The number of benzene rings is 1. The molecule has 1 aromatic rings. The zero-order chi connectivity index (χ0) is 12.3. The molecule has 0 amide bonds. The van der Waals surface area contributed by atoms with Gasteiger partial charge in [0.05, 0.1) is 20.8 Å². The minimum atomic E-state index is 0.198. The van der Waals surface area contributed by atoms with E-state index in [-0.39, 0.29) is 6.10 Å². The Kier molecular flexibility index (Phi) is 3.54. The SMILES string of the molecule is C=Cc1cc(OC)c(OCC2CO2)c(OC)c1. The van der Waals surface area contributed by atoms with Crippen molar-refractivity contribution in [2.45, 2.75) is 6.10 Å². The highest BCUT2D eigenvalue weighted by Gasteiger charge is 2.25. The summed E-state index contributed by atoms with van der Waals surface area (Å²) < 4.78 is 21.3. The van der Waals surface area contributed by atoms with E-state index in [9.17, 15) is 0 Å². The molecule has 1 aliphatic rings. The van der Waals surface area contributed by atoms with Crippen LogP contribution in [0.25, 0.3) is 6.08 Å². The van der Waals surface area contributed by atoms with Crippen LogP contribution in [0.15, 0.2) is 18.7 Å². The van der Waals surface area contributed by atoms with Gasteiger partial charge in [-0.2, -0.15) is 0 Å². The molecule has 1 heterocycles. The number of hydrogen-bond acceptors (Lipinski definition) is 4. The molecular weight excluding hydrogens is 220 g/mol. The highest BCUT2D eigenvalue weighted by atomic mass is 16.6. The molecule has 92 valence electrons. The molecule has 0 aromatic heterocycles. The lowest BCUT2D eigenvalue weighted by Crippen LogP contribution is -2.06. The lowest BCUT2D eigenvalue weighted by molar-refractivity contribution is 0.241. The summed E-state index contributed by atoms with van der Waals surface area (Å²) in [4.78, 5) is 0. The third-order valence-electron chi connectivity index (χ3n) is 2.53. The fraction of sp³-hybridized carbons (Fsp3) is 0.385. The van der Waals surface area contributed by atoms with Crippen LogP contribution in [-0.4, -0.2) is 33.5 Å². The summed E-state index contributed by atoms with van der Waals surface area (Å²) >= 11 is 0. The average molecular weight is 236 g/mol. The Morgan fingerprint density at radius 2 is 1.94 bits per heavy atom. The maximum absolute atomic E-state index is 5.66. The summed E-state index contributed by atoms with van der Waals surface area (Å²) in [6.07, 6.45) is 1.93. The van der Waals surface area contributed by atoms with Crippen molar-refractivity contribution >= 4 is 6.08 Å². The molecule has 4 heteroatoms. The first-order valence-corrected chi connectivity index (χ1v) is 5.41. The predicted molar refractivity (Wildman–Crippen MR) is 64.9 cm³/mol. The maximum atomic E-state index is 5.66. The van der Waals surface area contributed by atoms with Crippen LogP contribution >= 0.6 is 0 Å². The lowest BCUT2D eigenvalue weighted by atomic mass is 10.2. The molecule has 0 spiro atoms. The molecule has 0 bridgehead atoms. The Hall–Kier alpha value is -1.68. The zero-order valence-corrected chi connectivity index (χ0v) is 10.1. The second-order valence-corrected chi connectivity index (χ2v) is 3.73. The van der Waals surface area contributed by atoms with E-state index >= 15 is 0 Å². The first-order chi connectivity index (χ1) is 8.28. The van der Waals surface area contributed by atoms with Crippen molar-refractivity contribution in [3.05, 3.63) is 24.3 Å². The quantitative estimate of drug-likeness (QED) is 0.709. The molecule has 0 saturated carbocycles. The van der Waals surface area contributed by atoms with Crippen LogP contribution in [0.4, 0.5) is 0 Å². The third kappa shape index (κ3) is 2.71. The summed E-state index contributed by atoms with van der Waals surface area (Å²) in [6, 6.07) is 3.72. The van der Waals surface area contributed by atoms with Gasteiger partial charge in [-0.1, -0.05) is 12.7 Å². The molecule has 0 radical (unpaired) electrons. The highest BCUT2D eigenvalue weighted by Crippen LogP contribution is 2.39. The standard InChI is InChI=1S/C13H16O4/c1-4-9-5-11(14-2)13(12(6-9)15-3)17-8-10-7-16-10/h4-6,10H,1,7-8H2,2-3H3. The number of hydrogen-bond donors (Lipinski definition) is 0. The molecule has 17 heavy (non-hydrogen) atoms. The van der Waals surface area contributed by atoms with Gasteiger partial charge >= 0.3 is 0 Å². The highest BCUT2D eigenvalue weighted by molar-refractivity contribution is 5.61. The van der Waals surface area contributed by atoms with E-state index in [1.807, 2.05) is 12.1 Å². The predicted octanol–water partition coefficient (Wildman–Crippen LogP) is 2.12. The summed E-state index contributed by atoms with van der Waals surface area (Å²) in [6.45, 7) is 5.00. The van der Waals surface area contributed by atoms with Gasteiger partial charge in [0, 0.05) is 0 Å². The molecular formula is C13H16O4. The summed E-state index contributed by atoms with van der Waals surface area (Å²) in [5.74, 6) is 1.89. The third-order valence-corrected chi connectivity index (χ3v) is 2.53. The van der Waals surface area contributed by atoms with Crippen molar-refractivity contribution in [3.63, 3.8) is 0 Å². The second-order valence-electron chi connectivity index (χ2n) is 3.73. The minimum Gasteiger partial charge on any atom is -0.493 e. The fourth-order valence-electron chi connectivity index (χ4n) is 1.50. The first kappa shape index (κ1) is 11.8. The maximum Gasteiger partial charge on any atom is 0.203 e. The smallest absolute Gasteiger partial charge is 0.203 e. The molecule has 1 atom stereocenters. The Balaban J connectivity index is 2.27. The molecule has 2 rings (SSSR count). The van der Waals surface area contributed by atoms with Gasteiger partial charge in [0.2, 0.25) is 5.75 Å². The van der Waals surface area contributed by atoms with Crippen molar-refractivity contribution in [2.24, 2.45) is 0 Å². The molecule has 1 unspecified atom stereocenters. The van der Waals surface area contributed by atoms with E-state index in [1.54, 1.807) is 20.3 Å². The Morgan fingerprint density at radius 3 is 2.35 bits per heavy atom. The lowest BCUT2D eigenvalue weighted by Gasteiger charge is -2.14. The van der Waals surface area contributed by atoms with Crippen LogP contribution in [0.2, 0.25) is 0 Å². The van der Waals surface area contributed by atoms with E-state index in [0.717, 1.165) is 12.2 Å². The molecule has 0 N–H and O–H groups in total. The van der Waals surface area contributed by atoms with Crippen molar-refractivity contribution in [3.8, 4) is 17.2 Å². The van der Waals surface area contributed by atoms with Gasteiger partial charge in [-0.25, -0.2) is 0 Å². The van der Waals surface area contributed by atoms with Crippen LogP contribution in [0, 0.1) is 0 Å². The van der Waals surface area contributed by atoms with Crippen LogP contribution in [0.3, 0.4) is 0 Å². The van der Waals surface area contributed by atoms with Gasteiger partial charge < -0.3 is 18.9 Å². The Bertz CT molecular complexity index is 385. The van der Waals surface area contributed by atoms with Gasteiger partial charge in [-0.15, -0.1) is 0 Å². The first-order valence-electron chi connectivity index (χ1n) is 5.41. The van der Waals surface area contributed by atoms with Crippen molar-refractivity contribution in [1.82, 2.24) is 0 Å². The van der Waals surface area contributed by atoms with E-state index in [2.05, 4.69) is 6.58 Å². The van der Waals surface area contributed by atoms with Gasteiger partial charge in [0.15, 0.2) is 11.5 Å². The number of epoxide rings is 1. The second kappa shape index (κ2) is 5.10. The number of rotatable bonds is 6. The van der Waals surface area contributed by atoms with Gasteiger partial charge in [-0.05, 0) is 17.7 Å². The van der Waals surface area contributed by atoms with Crippen LogP contribution in [0.1, 0.15) is 5.56 Å². The number of ether oxygens (including phenoxy) is 4. The number of methoxy groups -OCH3 is 2. The molecule has 0 aliphatic carbocycles. The fourth-order valence-corrected chi connectivity index (χ4v) is 1.50.